The molecule has 0 saturated carbocycles. The standard InChI is InChI=1S/C25H36N2O3/c1-20(2)27(17-22-6-4-3-5-7-22)18-23(28)19-30-24-10-8-21(9-11-24)13-15-29-25-12-14-26-16-25/h3-11,20,23,25-26,28H,12-19H2,1-2H3/t23?,25-/m1/s1. The van der Waals surface area contributed by atoms with E-state index in [4.69, 9.17) is 9.47 Å². The Labute approximate surface area is 181 Å². The van der Waals surface area contributed by atoms with E-state index in [0.717, 1.165) is 44.8 Å². The van der Waals surface area contributed by atoms with Crippen LogP contribution in [-0.2, 0) is 17.7 Å². The molecule has 0 aromatic heterocycles. The molecule has 2 N–H and O–H groups in total. The van der Waals surface area contributed by atoms with Gasteiger partial charge in [-0.3, -0.25) is 4.90 Å². The predicted molar refractivity (Wildman–Crippen MR) is 121 cm³/mol. The molecule has 0 spiro atoms. The van der Waals surface area contributed by atoms with Crippen LogP contribution in [0.3, 0.4) is 0 Å². The molecular formula is C25H36N2O3. The Morgan fingerprint density at radius 2 is 1.83 bits per heavy atom. The van der Waals surface area contributed by atoms with Crippen LogP contribution >= 0.6 is 0 Å². The van der Waals surface area contributed by atoms with Gasteiger partial charge in [0.2, 0.25) is 0 Å². The van der Waals surface area contributed by atoms with Crippen molar-refractivity contribution in [3.8, 4) is 5.75 Å². The Balaban J connectivity index is 1.39. The van der Waals surface area contributed by atoms with Gasteiger partial charge in [0.15, 0.2) is 0 Å². The molecule has 2 atom stereocenters. The van der Waals surface area contributed by atoms with Crippen molar-refractivity contribution in [2.75, 3.05) is 32.8 Å². The van der Waals surface area contributed by atoms with Crippen LogP contribution in [0.15, 0.2) is 54.6 Å². The van der Waals surface area contributed by atoms with Crippen LogP contribution in [0.2, 0.25) is 0 Å². The molecule has 1 aliphatic rings. The first-order valence-electron chi connectivity index (χ1n) is 11.1. The molecule has 1 unspecified atom stereocenters. The number of aliphatic hydroxyl groups is 1. The second-order valence-electron chi connectivity index (χ2n) is 8.35. The first-order chi connectivity index (χ1) is 14.6. The van der Waals surface area contributed by atoms with Crippen molar-refractivity contribution in [2.24, 2.45) is 0 Å². The Hall–Kier alpha value is -1.92. The fourth-order valence-corrected chi connectivity index (χ4v) is 3.66. The largest absolute Gasteiger partial charge is 0.491 e. The van der Waals surface area contributed by atoms with E-state index in [1.54, 1.807) is 0 Å². The summed E-state index contributed by atoms with van der Waals surface area (Å²) >= 11 is 0. The maximum Gasteiger partial charge on any atom is 0.119 e. The topological polar surface area (TPSA) is 54.0 Å². The normalized spacial score (nSPS) is 17.6. The maximum absolute atomic E-state index is 10.5. The van der Waals surface area contributed by atoms with E-state index in [0.29, 0.717) is 18.7 Å². The lowest BCUT2D eigenvalue weighted by Gasteiger charge is -2.28. The molecule has 1 aliphatic heterocycles. The zero-order valence-electron chi connectivity index (χ0n) is 18.3. The van der Waals surface area contributed by atoms with E-state index in [9.17, 15) is 5.11 Å². The van der Waals surface area contributed by atoms with Crippen LogP contribution in [-0.4, -0.2) is 61.1 Å². The fourth-order valence-electron chi connectivity index (χ4n) is 3.66. The molecule has 2 aromatic carbocycles. The minimum atomic E-state index is -0.538. The summed E-state index contributed by atoms with van der Waals surface area (Å²) in [4.78, 5) is 2.27. The smallest absolute Gasteiger partial charge is 0.119 e. The van der Waals surface area contributed by atoms with Gasteiger partial charge in [-0.2, -0.15) is 0 Å². The van der Waals surface area contributed by atoms with Gasteiger partial charge in [-0.15, -0.1) is 0 Å². The van der Waals surface area contributed by atoms with Crippen molar-refractivity contribution in [3.63, 3.8) is 0 Å². The third kappa shape index (κ3) is 7.73. The van der Waals surface area contributed by atoms with Crippen molar-refractivity contribution >= 4 is 0 Å². The molecule has 1 saturated heterocycles. The van der Waals surface area contributed by atoms with Gasteiger partial charge in [-0.1, -0.05) is 42.5 Å². The number of benzene rings is 2. The van der Waals surface area contributed by atoms with Crippen molar-refractivity contribution in [1.82, 2.24) is 10.2 Å². The third-order valence-electron chi connectivity index (χ3n) is 5.53. The van der Waals surface area contributed by atoms with Crippen molar-refractivity contribution in [2.45, 2.75) is 51.5 Å². The minimum Gasteiger partial charge on any atom is -0.491 e. The summed E-state index contributed by atoms with van der Waals surface area (Å²) in [6, 6.07) is 18.8. The Kier molecular flexibility index (Phi) is 9.15. The Morgan fingerprint density at radius 1 is 1.07 bits per heavy atom. The second-order valence-corrected chi connectivity index (χ2v) is 8.35. The molecule has 30 heavy (non-hydrogen) atoms. The van der Waals surface area contributed by atoms with Gasteiger partial charge in [0.05, 0.1) is 12.7 Å². The van der Waals surface area contributed by atoms with Crippen molar-refractivity contribution < 1.29 is 14.6 Å². The summed E-state index contributed by atoms with van der Waals surface area (Å²) in [5, 5.41) is 13.8. The van der Waals surface area contributed by atoms with E-state index in [2.05, 4.69) is 60.5 Å². The molecule has 1 heterocycles. The quantitative estimate of drug-likeness (QED) is 0.560. The monoisotopic (exact) mass is 412 g/mol. The van der Waals surface area contributed by atoms with E-state index in [-0.39, 0.29) is 6.61 Å². The minimum absolute atomic E-state index is 0.287. The molecule has 0 bridgehead atoms. The Morgan fingerprint density at radius 3 is 2.50 bits per heavy atom. The number of rotatable bonds is 12. The fraction of sp³-hybridized carbons (Fsp3) is 0.520. The van der Waals surface area contributed by atoms with Crippen LogP contribution in [0.1, 0.15) is 31.4 Å². The zero-order valence-corrected chi connectivity index (χ0v) is 18.3. The highest BCUT2D eigenvalue weighted by molar-refractivity contribution is 5.27. The first-order valence-corrected chi connectivity index (χ1v) is 11.1. The summed E-state index contributed by atoms with van der Waals surface area (Å²) in [6.45, 7) is 8.77. The highest BCUT2D eigenvalue weighted by Crippen LogP contribution is 2.15. The van der Waals surface area contributed by atoms with Gasteiger partial charge in [-0.05, 0) is 56.5 Å². The third-order valence-corrected chi connectivity index (χ3v) is 5.53. The first kappa shape index (κ1) is 22.8. The number of ether oxygens (including phenoxy) is 2. The van der Waals surface area contributed by atoms with Crippen LogP contribution < -0.4 is 10.1 Å². The lowest BCUT2D eigenvalue weighted by Crippen LogP contribution is -2.39. The molecule has 164 valence electrons. The number of aliphatic hydroxyl groups excluding tert-OH is 1. The molecule has 1 fully saturated rings. The van der Waals surface area contributed by atoms with Gasteiger partial charge in [0.25, 0.3) is 0 Å². The van der Waals surface area contributed by atoms with Crippen LogP contribution in [0.4, 0.5) is 0 Å². The van der Waals surface area contributed by atoms with Gasteiger partial charge < -0.3 is 19.9 Å². The predicted octanol–water partition coefficient (Wildman–Crippen LogP) is 3.26. The van der Waals surface area contributed by atoms with E-state index >= 15 is 0 Å². The molecule has 0 amide bonds. The number of hydrogen-bond donors (Lipinski definition) is 2. The summed E-state index contributed by atoms with van der Waals surface area (Å²) in [7, 11) is 0. The van der Waals surface area contributed by atoms with Gasteiger partial charge in [-0.25, -0.2) is 0 Å². The van der Waals surface area contributed by atoms with Crippen molar-refractivity contribution in [3.05, 3.63) is 65.7 Å². The van der Waals surface area contributed by atoms with Crippen molar-refractivity contribution in [1.29, 1.82) is 0 Å². The molecular weight excluding hydrogens is 376 g/mol. The van der Waals surface area contributed by atoms with Gasteiger partial charge in [0.1, 0.15) is 18.5 Å². The number of nitrogens with one attached hydrogen (secondary N) is 1. The molecule has 5 heteroatoms. The van der Waals surface area contributed by atoms with Crippen LogP contribution in [0.25, 0.3) is 0 Å². The lowest BCUT2D eigenvalue weighted by atomic mass is 10.1. The van der Waals surface area contributed by atoms with E-state index in [1.807, 2.05) is 18.2 Å². The van der Waals surface area contributed by atoms with E-state index < -0.39 is 6.10 Å². The Bertz CT molecular complexity index is 715. The molecule has 3 rings (SSSR count). The average molecular weight is 413 g/mol. The van der Waals surface area contributed by atoms with Gasteiger partial charge in [0, 0.05) is 25.7 Å². The average Bonchev–Trinajstić information content (AvgIpc) is 3.27. The second kappa shape index (κ2) is 12.1. The molecule has 2 aromatic rings. The van der Waals surface area contributed by atoms with Crippen LogP contribution in [0.5, 0.6) is 5.75 Å². The maximum atomic E-state index is 10.5. The summed E-state index contributed by atoms with van der Waals surface area (Å²) in [5.74, 6) is 0.790. The highest BCUT2D eigenvalue weighted by atomic mass is 16.5. The number of nitrogens with zero attached hydrogens (tertiary/aromatic N) is 1. The summed E-state index contributed by atoms with van der Waals surface area (Å²) in [6.07, 6.45) is 1.84. The number of hydrogen-bond acceptors (Lipinski definition) is 5. The van der Waals surface area contributed by atoms with Crippen LogP contribution in [0, 0.1) is 0 Å². The summed E-state index contributed by atoms with van der Waals surface area (Å²) in [5.41, 5.74) is 2.49. The SMILES string of the molecule is CC(C)N(Cc1ccccc1)CC(O)COc1ccc(CCO[C@@H]2CCNC2)cc1. The molecule has 5 nitrogen and oxygen atoms in total. The van der Waals surface area contributed by atoms with Gasteiger partial charge >= 0.3 is 0 Å². The molecule has 0 aliphatic carbocycles. The lowest BCUT2D eigenvalue weighted by molar-refractivity contribution is 0.0543. The highest BCUT2D eigenvalue weighted by Gasteiger charge is 2.16. The van der Waals surface area contributed by atoms with E-state index in [1.165, 1.54) is 11.1 Å². The summed E-state index contributed by atoms with van der Waals surface area (Å²) < 4.78 is 11.7. The molecule has 0 radical (unpaired) electrons. The zero-order chi connectivity index (χ0) is 21.2.